The summed E-state index contributed by atoms with van der Waals surface area (Å²) in [6.45, 7) is 12.6. The van der Waals surface area contributed by atoms with Crippen molar-refractivity contribution < 1.29 is 24.1 Å². The molecule has 0 aromatic rings. The van der Waals surface area contributed by atoms with Crippen molar-refractivity contribution in [3.05, 3.63) is 0 Å². The van der Waals surface area contributed by atoms with Crippen molar-refractivity contribution in [1.29, 1.82) is 0 Å². The quantitative estimate of drug-likeness (QED) is 0.510. The van der Waals surface area contributed by atoms with Gasteiger partial charge in [-0.2, -0.15) is 0 Å². The monoisotopic (exact) mass is 474 g/mol. The number of hydrogen-bond acceptors (Lipinski definition) is 5. The predicted molar refractivity (Wildman–Crippen MR) is 129 cm³/mol. The second-order valence-electron chi connectivity index (χ2n) is 14.1. The van der Waals surface area contributed by atoms with Gasteiger partial charge in [0.25, 0.3) is 0 Å². The number of aliphatic hydroxyl groups is 1. The Balaban J connectivity index is 1.26. The van der Waals surface area contributed by atoms with Crippen LogP contribution in [0.1, 0.15) is 86.0 Å². The topological polar surface area (TPSA) is 65.0 Å². The number of methoxy groups -OCH3 is 1. The summed E-state index contributed by atoms with van der Waals surface area (Å²) in [5.74, 6) is 4.18. The molecule has 2 spiro atoms. The Morgan fingerprint density at radius 3 is 2.50 bits per heavy atom. The normalized spacial score (nSPS) is 56.7. The Morgan fingerprint density at radius 1 is 1.00 bits per heavy atom. The molecule has 1 aliphatic heterocycles. The summed E-state index contributed by atoms with van der Waals surface area (Å²) < 4.78 is 16.6. The van der Waals surface area contributed by atoms with Crippen LogP contribution in [-0.4, -0.2) is 43.3 Å². The maximum atomic E-state index is 11.5. The number of carbonyl (C=O) groups is 1. The van der Waals surface area contributed by atoms with Crippen LogP contribution >= 0.6 is 0 Å². The Hall–Kier alpha value is -0.810. The Labute approximate surface area is 205 Å². The minimum Gasteiger partial charge on any atom is -0.438 e. The van der Waals surface area contributed by atoms with E-state index in [1.165, 1.54) is 45.6 Å². The van der Waals surface area contributed by atoms with Crippen molar-refractivity contribution in [3.63, 3.8) is 0 Å². The fraction of sp³-hybridized carbons (Fsp3) is 0.966. The summed E-state index contributed by atoms with van der Waals surface area (Å²) in [6.07, 6.45) is 9.18. The van der Waals surface area contributed by atoms with Crippen LogP contribution < -0.4 is 0 Å². The molecule has 5 aliphatic carbocycles. The fourth-order valence-corrected chi connectivity index (χ4v) is 12.0. The van der Waals surface area contributed by atoms with E-state index in [1.54, 1.807) is 0 Å². The average molecular weight is 475 g/mol. The molecular formula is C29H46O5. The van der Waals surface area contributed by atoms with E-state index in [2.05, 4.69) is 39.4 Å². The van der Waals surface area contributed by atoms with Crippen molar-refractivity contribution >= 4 is 6.16 Å². The summed E-state index contributed by atoms with van der Waals surface area (Å²) in [6, 6.07) is 0. The van der Waals surface area contributed by atoms with Crippen LogP contribution in [0.2, 0.25) is 0 Å². The van der Waals surface area contributed by atoms with E-state index in [0.717, 1.165) is 30.6 Å². The van der Waals surface area contributed by atoms with Gasteiger partial charge in [-0.15, -0.1) is 0 Å². The zero-order chi connectivity index (χ0) is 24.3. The van der Waals surface area contributed by atoms with Crippen LogP contribution in [0.4, 0.5) is 4.79 Å². The largest absolute Gasteiger partial charge is 0.508 e. The highest BCUT2D eigenvalue weighted by molar-refractivity contribution is 5.59. The summed E-state index contributed by atoms with van der Waals surface area (Å²) >= 11 is 0. The molecule has 1 saturated heterocycles. The second kappa shape index (κ2) is 7.37. The van der Waals surface area contributed by atoms with Crippen LogP contribution in [0, 0.1) is 57.2 Å². The van der Waals surface area contributed by atoms with Gasteiger partial charge in [-0.25, -0.2) is 4.79 Å². The molecule has 5 nitrogen and oxygen atoms in total. The number of fused-ring (bicyclic) bond motifs is 4. The zero-order valence-electron chi connectivity index (χ0n) is 22.1. The van der Waals surface area contributed by atoms with Crippen molar-refractivity contribution in [3.8, 4) is 0 Å². The fourth-order valence-electron chi connectivity index (χ4n) is 12.0. The number of carbonyl (C=O) groups excluding carboxylic acids is 1. The highest BCUT2D eigenvalue weighted by Gasteiger charge is 2.84. The Bertz CT molecular complexity index is 855. The van der Waals surface area contributed by atoms with Gasteiger partial charge in [0.05, 0.1) is 25.4 Å². The summed E-state index contributed by atoms with van der Waals surface area (Å²) in [5.41, 5.74) is 1.34. The van der Waals surface area contributed by atoms with Gasteiger partial charge < -0.3 is 19.3 Å². The molecule has 1 heterocycles. The third-order valence-corrected chi connectivity index (χ3v) is 13.2. The highest BCUT2D eigenvalue weighted by Crippen LogP contribution is 2.89. The summed E-state index contributed by atoms with van der Waals surface area (Å²) in [5, 5.41) is 10.9. The van der Waals surface area contributed by atoms with Gasteiger partial charge in [0.1, 0.15) is 6.61 Å². The van der Waals surface area contributed by atoms with Gasteiger partial charge in [0.2, 0.25) is 0 Å². The molecule has 6 rings (SSSR count). The third kappa shape index (κ3) is 2.67. The lowest BCUT2D eigenvalue weighted by molar-refractivity contribution is -0.147. The molecule has 192 valence electrons. The molecule has 6 aliphatic rings. The maximum Gasteiger partial charge on any atom is 0.508 e. The Kier molecular flexibility index (Phi) is 5.11. The maximum absolute atomic E-state index is 11.5. The minimum atomic E-state index is -0.613. The van der Waals surface area contributed by atoms with E-state index in [9.17, 15) is 9.90 Å². The first-order chi connectivity index (χ1) is 16.0. The van der Waals surface area contributed by atoms with Crippen molar-refractivity contribution in [2.24, 2.45) is 57.2 Å². The van der Waals surface area contributed by atoms with E-state index in [1.807, 2.05) is 0 Å². The van der Waals surface area contributed by atoms with E-state index in [4.69, 9.17) is 9.47 Å². The lowest BCUT2D eigenvalue weighted by Crippen LogP contribution is -2.54. The molecule has 0 aromatic heterocycles. The van der Waals surface area contributed by atoms with E-state index in [-0.39, 0.29) is 23.7 Å². The number of aliphatic hydroxyl groups excluding tert-OH is 1. The van der Waals surface area contributed by atoms with Crippen molar-refractivity contribution in [2.75, 3.05) is 13.7 Å². The first-order valence-corrected chi connectivity index (χ1v) is 14.1. The minimum absolute atomic E-state index is 0.0179. The SMILES string of the molecule is COC(=O)OC[C@H]1C[C@@H](C)[C@H]2[C@@H](CC3[C@@H]4CCC5C(C)(C)[C@@H](O)CCC56[C@@H](C)[C@@]46CC[C@@]32C)O1. The van der Waals surface area contributed by atoms with Crippen LogP contribution in [0.15, 0.2) is 0 Å². The molecule has 1 N–H and O–H groups in total. The molecular weight excluding hydrogens is 428 g/mol. The van der Waals surface area contributed by atoms with Gasteiger partial charge in [-0.3, -0.25) is 0 Å². The molecule has 12 atom stereocenters. The predicted octanol–water partition coefficient (Wildman–Crippen LogP) is 5.83. The molecule has 0 radical (unpaired) electrons. The van der Waals surface area contributed by atoms with Gasteiger partial charge in [0.15, 0.2) is 0 Å². The smallest absolute Gasteiger partial charge is 0.438 e. The molecule has 0 aromatic carbocycles. The average Bonchev–Trinajstić information content (AvgIpc) is 3.16. The number of ether oxygens (including phenoxy) is 3. The second-order valence-corrected chi connectivity index (χ2v) is 14.1. The highest BCUT2D eigenvalue weighted by atomic mass is 16.7. The van der Waals surface area contributed by atoms with E-state index in [0.29, 0.717) is 40.6 Å². The lowest BCUT2D eigenvalue weighted by Gasteiger charge is -2.59. The van der Waals surface area contributed by atoms with E-state index >= 15 is 0 Å². The molecule has 0 amide bonds. The molecule has 5 heteroatoms. The standard InChI is InChI=1S/C29H46O5/c1-16-13-18(15-33-25(31)32-6)34-21-14-20-19-7-8-22-26(3,4)23(30)9-10-29(22)17(2)28(19,29)12-11-27(20,5)24(16)21/h16-24,30H,7-15H2,1-6H3/t16-,17+,18-,19+,20?,21-,22?,23+,24+,27+,28+,29?/m1/s1. The third-order valence-electron chi connectivity index (χ3n) is 13.2. The summed E-state index contributed by atoms with van der Waals surface area (Å²) in [4.78, 5) is 11.5. The van der Waals surface area contributed by atoms with Crippen LogP contribution in [0.3, 0.4) is 0 Å². The number of rotatable bonds is 2. The van der Waals surface area contributed by atoms with Gasteiger partial charge >= 0.3 is 6.16 Å². The zero-order valence-corrected chi connectivity index (χ0v) is 22.1. The Morgan fingerprint density at radius 2 is 1.76 bits per heavy atom. The van der Waals surface area contributed by atoms with E-state index < -0.39 is 6.16 Å². The molecule has 0 bridgehead atoms. The van der Waals surface area contributed by atoms with Crippen LogP contribution in [0.25, 0.3) is 0 Å². The first kappa shape index (κ1) is 23.6. The van der Waals surface area contributed by atoms with Gasteiger partial charge in [-0.1, -0.05) is 34.6 Å². The van der Waals surface area contributed by atoms with Gasteiger partial charge in [-0.05, 0) is 109 Å². The van der Waals surface area contributed by atoms with Crippen molar-refractivity contribution in [1.82, 2.24) is 0 Å². The lowest BCUT2D eigenvalue weighted by atomic mass is 9.46. The first-order valence-electron chi connectivity index (χ1n) is 14.1. The molecule has 5 saturated carbocycles. The number of hydrogen-bond donors (Lipinski definition) is 1. The van der Waals surface area contributed by atoms with Gasteiger partial charge in [0, 0.05) is 0 Å². The van der Waals surface area contributed by atoms with Crippen molar-refractivity contribution in [2.45, 2.75) is 104 Å². The molecule has 3 unspecified atom stereocenters. The molecule has 6 fully saturated rings. The molecule has 34 heavy (non-hydrogen) atoms. The summed E-state index contributed by atoms with van der Waals surface area (Å²) in [7, 11) is 1.36. The van der Waals surface area contributed by atoms with Crippen LogP contribution in [-0.2, 0) is 14.2 Å². The van der Waals surface area contributed by atoms with Crippen LogP contribution in [0.5, 0.6) is 0 Å².